The molecule has 0 atom stereocenters. The Bertz CT molecular complexity index is 1040. The van der Waals surface area contributed by atoms with Gasteiger partial charge in [-0.15, -0.1) is 0 Å². The van der Waals surface area contributed by atoms with E-state index in [-0.39, 0.29) is 29.5 Å². The zero-order chi connectivity index (χ0) is 21.9. The number of ether oxygens (including phenoxy) is 1. The normalized spacial score (nSPS) is 11.7. The maximum absolute atomic E-state index is 12.6. The molecule has 9 nitrogen and oxygen atoms in total. The van der Waals surface area contributed by atoms with Crippen molar-refractivity contribution in [1.82, 2.24) is 8.87 Å². The molecule has 1 aromatic carbocycles. The Labute approximate surface area is 170 Å². The Morgan fingerprint density at radius 3 is 2.31 bits per heavy atom. The van der Waals surface area contributed by atoms with E-state index in [4.69, 9.17) is 4.74 Å². The molecule has 0 spiro atoms. The first-order valence-corrected chi connectivity index (χ1v) is 10.6. The molecule has 158 valence electrons. The Balaban J connectivity index is 2.31. The second-order valence-electron chi connectivity index (χ2n) is 6.53. The van der Waals surface area contributed by atoms with Crippen LogP contribution in [0, 0.1) is 24.0 Å². The molecule has 0 saturated heterocycles. The van der Waals surface area contributed by atoms with Crippen molar-refractivity contribution in [1.29, 1.82) is 0 Å². The van der Waals surface area contributed by atoms with Gasteiger partial charge >= 0.3 is 5.69 Å². The van der Waals surface area contributed by atoms with E-state index in [1.165, 1.54) is 16.4 Å². The highest BCUT2D eigenvalue weighted by atomic mass is 32.2. The Hall–Kier alpha value is -2.72. The number of ketones is 1. The molecule has 0 amide bonds. The number of nitrogens with zero attached hydrogens (tertiary/aromatic N) is 3. The van der Waals surface area contributed by atoms with E-state index in [2.05, 4.69) is 0 Å². The Morgan fingerprint density at radius 2 is 1.83 bits per heavy atom. The molecule has 2 aromatic rings. The maximum Gasteiger partial charge on any atom is 0.312 e. The van der Waals surface area contributed by atoms with Crippen molar-refractivity contribution in [2.75, 3.05) is 19.7 Å². The first-order chi connectivity index (χ1) is 13.5. The lowest BCUT2D eigenvalue weighted by Gasteiger charge is -2.18. The molecule has 10 heteroatoms. The minimum absolute atomic E-state index is 0.160. The van der Waals surface area contributed by atoms with Crippen LogP contribution in [0.3, 0.4) is 0 Å². The highest BCUT2D eigenvalue weighted by molar-refractivity contribution is 7.89. The van der Waals surface area contributed by atoms with Crippen molar-refractivity contribution < 1.29 is 22.9 Å². The van der Waals surface area contributed by atoms with Gasteiger partial charge in [-0.1, -0.05) is 13.8 Å². The lowest BCUT2D eigenvalue weighted by molar-refractivity contribution is -0.386. The van der Waals surface area contributed by atoms with Gasteiger partial charge in [0.2, 0.25) is 15.8 Å². The van der Waals surface area contributed by atoms with E-state index >= 15 is 0 Å². The van der Waals surface area contributed by atoms with Crippen molar-refractivity contribution in [3.63, 3.8) is 0 Å². The molecular formula is C19H25N3O6S. The van der Waals surface area contributed by atoms with Crippen LogP contribution in [0.4, 0.5) is 5.69 Å². The number of sulfonamides is 1. The van der Waals surface area contributed by atoms with Crippen molar-refractivity contribution in [3.8, 4) is 5.75 Å². The summed E-state index contributed by atoms with van der Waals surface area (Å²) in [7, 11) is -2.02. The number of benzene rings is 1. The monoisotopic (exact) mass is 423 g/mol. The van der Waals surface area contributed by atoms with E-state index in [1.54, 1.807) is 26.8 Å². The molecule has 0 bridgehead atoms. The second kappa shape index (κ2) is 8.75. The molecule has 0 unspecified atom stereocenters. The summed E-state index contributed by atoms with van der Waals surface area (Å²) in [5, 5.41) is 11.5. The number of aryl methyl sites for hydroxylation is 1. The van der Waals surface area contributed by atoms with Crippen LogP contribution in [0.15, 0.2) is 29.2 Å². The van der Waals surface area contributed by atoms with Crippen molar-refractivity contribution in [3.05, 3.63) is 51.3 Å². The highest BCUT2D eigenvalue weighted by Gasteiger charge is 2.26. The fourth-order valence-corrected chi connectivity index (χ4v) is 4.47. The number of carbonyl (C=O) groups excluding carboxylic acids is 1. The van der Waals surface area contributed by atoms with Gasteiger partial charge in [0.05, 0.1) is 9.82 Å². The van der Waals surface area contributed by atoms with Crippen LogP contribution in [0.1, 0.15) is 35.6 Å². The number of hydrogen-bond donors (Lipinski definition) is 0. The fraction of sp³-hybridized carbons (Fsp3) is 0.421. The molecule has 0 N–H and O–H groups in total. The summed E-state index contributed by atoms with van der Waals surface area (Å²) < 4.78 is 33.7. The zero-order valence-electron chi connectivity index (χ0n) is 17.1. The number of rotatable bonds is 9. The third-order valence-corrected chi connectivity index (χ3v) is 6.95. The predicted octanol–water partition coefficient (Wildman–Crippen LogP) is 2.84. The van der Waals surface area contributed by atoms with Crippen molar-refractivity contribution >= 4 is 21.5 Å². The first kappa shape index (κ1) is 22.6. The van der Waals surface area contributed by atoms with Gasteiger partial charge in [0.25, 0.3) is 0 Å². The summed E-state index contributed by atoms with van der Waals surface area (Å²) in [5.41, 5.74) is 1.65. The third kappa shape index (κ3) is 4.48. The SMILES string of the molecule is CCN(CC)S(=O)(=O)c1ccc(OCC(=O)c2cc(C)n(C)c2C)c([N+](=O)[O-])c1. The van der Waals surface area contributed by atoms with E-state index in [0.717, 1.165) is 17.5 Å². The van der Waals surface area contributed by atoms with Gasteiger partial charge < -0.3 is 9.30 Å². The van der Waals surface area contributed by atoms with Crippen LogP contribution in [0.25, 0.3) is 0 Å². The zero-order valence-corrected chi connectivity index (χ0v) is 17.9. The van der Waals surface area contributed by atoms with Crippen LogP contribution in [0.2, 0.25) is 0 Å². The average molecular weight is 423 g/mol. The highest BCUT2D eigenvalue weighted by Crippen LogP contribution is 2.31. The molecule has 1 heterocycles. The standard InChI is InChI=1S/C19H25N3O6S/c1-6-21(7-2)29(26,27)15-8-9-19(17(11-15)22(24)25)28-12-18(23)16-10-13(3)20(5)14(16)4/h8-11H,6-7,12H2,1-5H3. The van der Waals surface area contributed by atoms with E-state index < -0.39 is 27.2 Å². The number of carbonyl (C=O) groups is 1. The summed E-state index contributed by atoms with van der Waals surface area (Å²) in [6.07, 6.45) is 0. The van der Waals surface area contributed by atoms with Gasteiger partial charge in [0.1, 0.15) is 0 Å². The van der Waals surface area contributed by atoms with Crippen LogP contribution in [0.5, 0.6) is 5.75 Å². The summed E-state index contributed by atoms with van der Waals surface area (Å²) >= 11 is 0. The van der Waals surface area contributed by atoms with Gasteiger partial charge in [-0.3, -0.25) is 14.9 Å². The molecule has 0 aliphatic rings. The lowest BCUT2D eigenvalue weighted by Crippen LogP contribution is -2.30. The Kier molecular flexibility index (Phi) is 6.81. The predicted molar refractivity (Wildman–Crippen MR) is 108 cm³/mol. The minimum Gasteiger partial charge on any atom is -0.478 e. The Morgan fingerprint density at radius 1 is 1.21 bits per heavy atom. The van der Waals surface area contributed by atoms with Crippen LogP contribution < -0.4 is 4.74 Å². The summed E-state index contributed by atoms with van der Waals surface area (Å²) in [6.45, 7) is 7.13. The first-order valence-electron chi connectivity index (χ1n) is 9.12. The molecular weight excluding hydrogens is 398 g/mol. The number of nitro groups is 1. The number of nitro benzene ring substituents is 1. The van der Waals surface area contributed by atoms with Crippen LogP contribution in [-0.2, 0) is 17.1 Å². The molecule has 1 aromatic heterocycles. The van der Waals surface area contributed by atoms with Gasteiger partial charge in [0, 0.05) is 43.2 Å². The summed E-state index contributed by atoms with van der Waals surface area (Å²) in [6, 6.07) is 5.16. The molecule has 0 aliphatic heterocycles. The number of aromatic nitrogens is 1. The minimum atomic E-state index is -3.85. The number of hydrogen-bond acceptors (Lipinski definition) is 6. The molecule has 0 saturated carbocycles. The molecule has 29 heavy (non-hydrogen) atoms. The molecule has 0 fully saturated rings. The summed E-state index contributed by atoms with van der Waals surface area (Å²) in [5.74, 6) is -0.479. The van der Waals surface area contributed by atoms with Crippen molar-refractivity contribution in [2.24, 2.45) is 7.05 Å². The smallest absolute Gasteiger partial charge is 0.312 e. The van der Waals surface area contributed by atoms with E-state index in [1.807, 2.05) is 18.5 Å². The van der Waals surface area contributed by atoms with Gasteiger partial charge in [-0.2, -0.15) is 4.31 Å². The summed E-state index contributed by atoms with van der Waals surface area (Å²) in [4.78, 5) is 23.0. The topological polar surface area (TPSA) is 112 Å². The largest absolute Gasteiger partial charge is 0.478 e. The lowest BCUT2D eigenvalue weighted by atomic mass is 10.1. The van der Waals surface area contributed by atoms with Crippen LogP contribution in [-0.4, -0.2) is 47.7 Å². The number of Topliss-reactive ketones (excluding diaryl/α,β-unsaturated/α-hetero) is 1. The fourth-order valence-electron chi connectivity index (χ4n) is 2.99. The van der Waals surface area contributed by atoms with Gasteiger partial charge in [-0.05, 0) is 32.0 Å². The second-order valence-corrected chi connectivity index (χ2v) is 8.47. The maximum atomic E-state index is 12.6. The molecule has 0 aliphatic carbocycles. The average Bonchev–Trinajstić information content (AvgIpc) is 2.94. The third-order valence-electron chi connectivity index (χ3n) is 4.90. The van der Waals surface area contributed by atoms with Crippen LogP contribution >= 0.6 is 0 Å². The molecule has 0 radical (unpaired) electrons. The molecule has 2 rings (SSSR count). The van der Waals surface area contributed by atoms with Gasteiger partial charge in [-0.25, -0.2) is 8.42 Å². The van der Waals surface area contributed by atoms with E-state index in [0.29, 0.717) is 5.56 Å². The van der Waals surface area contributed by atoms with Crippen molar-refractivity contribution in [2.45, 2.75) is 32.6 Å². The quantitative estimate of drug-likeness (QED) is 0.348. The van der Waals surface area contributed by atoms with Gasteiger partial charge in [0.15, 0.2) is 12.4 Å². The van der Waals surface area contributed by atoms with E-state index in [9.17, 15) is 23.3 Å².